The topological polar surface area (TPSA) is 82.0 Å². The minimum absolute atomic E-state index is 0.0392. The second-order valence-electron chi connectivity index (χ2n) is 3.95. The van der Waals surface area contributed by atoms with Crippen molar-refractivity contribution in [3.63, 3.8) is 0 Å². The van der Waals surface area contributed by atoms with Crippen molar-refractivity contribution in [1.29, 1.82) is 5.26 Å². The van der Waals surface area contributed by atoms with Crippen LogP contribution in [0.4, 0.5) is 0 Å². The Morgan fingerprint density at radius 3 is 3.18 bits per heavy atom. The van der Waals surface area contributed by atoms with E-state index in [9.17, 15) is 9.59 Å². The number of thioether (sulfide) groups is 1. The van der Waals surface area contributed by atoms with E-state index in [1.54, 1.807) is 0 Å². The van der Waals surface area contributed by atoms with Crippen LogP contribution in [0.15, 0.2) is 0 Å². The second-order valence-corrected chi connectivity index (χ2v) is 4.83. The minimum Gasteiger partial charge on any atom is -0.354 e. The van der Waals surface area contributed by atoms with Crippen LogP contribution in [0, 0.1) is 10.7 Å². The maximum absolute atomic E-state index is 11.7. The van der Waals surface area contributed by atoms with E-state index >= 15 is 0 Å². The van der Waals surface area contributed by atoms with E-state index < -0.39 is 0 Å². The van der Waals surface area contributed by atoms with Gasteiger partial charge in [-0.3, -0.25) is 9.59 Å². The van der Waals surface area contributed by atoms with Crippen molar-refractivity contribution >= 4 is 23.6 Å². The molecule has 6 heteroatoms. The van der Waals surface area contributed by atoms with Gasteiger partial charge in [-0.2, -0.15) is 5.26 Å². The van der Waals surface area contributed by atoms with E-state index in [2.05, 4.69) is 10.6 Å². The Balaban J connectivity index is 2.22. The van der Waals surface area contributed by atoms with Gasteiger partial charge < -0.3 is 10.6 Å². The summed E-state index contributed by atoms with van der Waals surface area (Å²) in [6.07, 6.45) is 3.76. The first-order chi connectivity index (χ1) is 8.24. The Morgan fingerprint density at radius 2 is 2.41 bits per heavy atom. The maximum Gasteiger partial charge on any atom is 0.242 e. The van der Waals surface area contributed by atoms with E-state index in [4.69, 9.17) is 5.26 Å². The van der Waals surface area contributed by atoms with E-state index in [1.165, 1.54) is 11.8 Å². The number of nitriles is 1. The van der Waals surface area contributed by atoms with Crippen LogP contribution in [-0.2, 0) is 9.59 Å². The summed E-state index contributed by atoms with van der Waals surface area (Å²) < 4.78 is 0. The van der Waals surface area contributed by atoms with Gasteiger partial charge in [0, 0.05) is 18.7 Å². The smallest absolute Gasteiger partial charge is 0.242 e. The summed E-state index contributed by atoms with van der Waals surface area (Å²) in [6.45, 7) is 0.555. The Hall–Kier alpha value is -1.22. The molecule has 5 nitrogen and oxygen atoms in total. The number of nitrogens with zero attached hydrogens (tertiary/aromatic N) is 1. The molecule has 0 spiro atoms. The molecule has 1 heterocycles. The van der Waals surface area contributed by atoms with Crippen LogP contribution in [0.25, 0.3) is 0 Å². The van der Waals surface area contributed by atoms with Gasteiger partial charge in [-0.15, -0.1) is 0 Å². The van der Waals surface area contributed by atoms with Crippen molar-refractivity contribution in [2.24, 2.45) is 0 Å². The van der Waals surface area contributed by atoms with Gasteiger partial charge >= 0.3 is 0 Å². The van der Waals surface area contributed by atoms with Crippen LogP contribution >= 0.6 is 11.8 Å². The molecule has 0 aliphatic carbocycles. The molecule has 0 bridgehead atoms. The largest absolute Gasteiger partial charge is 0.354 e. The molecule has 1 saturated heterocycles. The van der Waals surface area contributed by atoms with Gasteiger partial charge in [0.25, 0.3) is 0 Å². The van der Waals surface area contributed by atoms with E-state index in [0.29, 0.717) is 25.1 Å². The average Bonchev–Trinajstić information content (AvgIpc) is 2.53. The van der Waals surface area contributed by atoms with Gasteiger partial charge in [0.05, 0.1) is 0 Å². The van der Waals surface area contributed by atoms with Crippen molar-refractivity contribution in [3.8, 4) is 5.40 Å². The maximum atomic E-state index is 11.7. The summed E-state index contributed by atoms with van der Waals surface area (Å²) in [5.74, 6) is 0.568. The number of amides is 2. The predicted octanol–water partition coefficient (Wildman–Crippen LogP) is 0.766. The standard InChI is InChI=1S/C11H17N3O2S/c12-8-17-7-3-6-13-11(16)9-4-1-2-5-10(15)14-9/h9H,1-7H2,(H,13,16)(H,14,15)/t9-/m0/s1. The molecular weight excluding hydrogens is 238 g/mol. The van der Waals surface area contributed by atoms with Crippen molar-refractivity contribution in [2.45, 2.75) is 38.1 Å². The Bertz CT molecular complexity index is 314. The molecule has 1 atom stereocenters. The van der Waals surface area contributed by atoms with Gasteiger partial charge in [-0.1, -0.05) is 6.42 Å². The number of carbonyl (C=O) groups is 2. The van der Waals surface area contributed by atoms with E-state index in [0.717, 1.165) is 19.3 Å². The third kappa shape index (κ3) is 5.59. The summed E-state index contributed by atoms with van der Waals surface area (Å²) >= 11 is 1.18. The number of rotatable bonds is 5. The highest BCUT2D eigenvalue weighted by Gasteiger charge is 2.22. The summed E-state index contributed by atoms with van der Waals surface area (Å²) in [5, 5.41) is 15.8. The predicted molar refractivity (Wildman–Crippen MR) is 66.1 cm³/mol. The number of thiocyanates is 1. The van der Waals surface area contributed by atoms with Gasteiger partial charge in [0.15, 0.2) is 0 Å². The lowest BCUT2D eigenvalue weighted by Gasteiger charge is -2.15. The van der Waals surface area contributed by atoms with Crippen LogP contribution in [0.1, 0.15) is 32.1 Å². The molecule has 94 valence electrons. The van der Waals surface area contributed by atoms with Crippen LogP contribution in [0.2, 0.25) is 0 Å². The zero-order valence-corrected chi connectivity index (χ0v) is 10.5. The van der Waals surface area contributed by atoms with Crippen molar-refractivity contribution in [2.75, 3.05) is 12.3 Å². The monoisotopic (exact) mass is 255 g/mol. The summed E-state index contributed by atoms with van der Waals surface area (Å²) in [5.41, 5.74) is 0. The van der Waals surface area contributed by atoms with Crippen molar-refractivity contribution in [3.05, 3.63) is 0 Å². The second kappa shape index (κ2) is 7.96. The molecule has 1 aliphatic rings. The number of carbonyl (C=O) groups excluding carboxylic acids is 2. The highest BCUT2D eigenvalue weighted by molar-refractivity contribution is 8.03. The molecule has 0 unspecified atom stereocenters. The van der Waals surface area contributed by atoms with Crippen LogP contribution in [0.5, 0.6) is 0 Å². The van der Waals surface area contributed by atoms with Crippen LogP contribution < -0.4 is 10.6 Å². The summed E-state index contributed by atoms with van der Waals surface area (Å²) in [6, 6.07) is -0.381. The van der Waals surface area contributed by atoms with Gasteiger partial charge in [0.1, 0.15) is 11.4 Å². The fraction of sp³-hybridized carbons (Fsp3) is 0.727. The lowest BCUT2D eigenvalue weighted by molar-refractivity contribution is -0.128. The normalized spacial score (nSPS) is 19.9. The Kier molecular flexibility index (Phi) is 6.48. The van der Waals surface area contributed by atoms with Crippen LogP contribution in [-0.4, -0.2) is 30.2 Å². The fourth-order valence-corrected chi connectivity index (χ4v) is 2.07. The highest BCUT2D eigenvalue weighted by Crippen LogP contribution is 2.09. The van der Waals surface area contributed by atoms with Gasteiger partial charge in [0.2, 0.25) is 11.8 Å². The van der Waals surface area contributed by atoms with Crippen molar-refractivity contribution < 1.29 is 9.59 Å². The Labute approximate surface area is 105 Å². The zero-order chi connectivity index (χ0) is 12.5. The number of hydrogen-bond acceptors (Lipinski definition) is 4. The molecule has 1 rings (SSSR count). The number of nitrogens with one attached hydrogen (secondary N) is 2. The first-order valence-electron chi connectivity index (χ1n) is 5.82. The molecular formula is C11H17N3O2S. The quantitative estimate of drug-likeness (QED) is 0.561. The lowest BCUT2D eigenvalue weighted by atomic mass is 10.1. The summed E-state index contributed by atoms with van der Waals surface area (Å²) in [4.78, 5) is 23.0. The average molecular weight is 255 g/mol. The van der Waals surface area contributed by atoms with Crippen molar-refractivity contribution in [1.82, 2.24) is 10.6 Å². The molecule has 0 saturated carbocycles. The first kappa shape index (κ1) is 13.8. The third-order valence-electron chi connectivity index (χ3n) is 2.59. The molecule has 0 aromatic heterocycles. The van der Waals surface area contributed by atoms with Gasteiger partial charge in [-0.05, 0) is 31.0 Å². The molecule has 17 heavy (non-hydrogen) atoms. The highest BCUT2D eigenvalue weighted by atomic mass is 32.2. The molecule has 2 amide bonds. The molecule has 1 fully saturated rings. The van der Waals surface area contributed by atoms with Crippen LogP contribution in [0.3, 0.4) is 0 Å². The molecule has 0 radical (unpaired) electrons. The Morgan fingerprint density at radius 1 is 1.59 bits per heavy atom. The zero-order valence-electron chi connectivity index (χ0n) is 9.70. The molecule has 0 aromatic carbocycles. The van der Waals surface area contributed by atoms with E-state index in [1.807, 2.05) is 5.40 Å². The first-order valence-corrected chi connectivity index (χ1v) is 6.80. The fourth-order valence-electron chi connectivity index (χ4n) is 1.69. The number of hydrogen-bond donors (Lipinski definition) is 2. The SMILES string of the molecule is N#CSCCCNC(=O)[C@@H]1CCCCC(=O)N1. The summed E-state index contributed by atoms with van der Waals surface area (Å²) in [7, 11) is 0. The van der Waals surface area contributed by atoms with Gasteiger partial charge in [-0.25, -0.2) is 0 Å². The lowest BCUT2D eigenvalue weighted by Crippen LogP contribution is -2.45. The molecule has 1 aliphatic heterocycles. The molecule has 2 N–H and O–H groups in total. The minimum atomic E-state index is -0.381. The third-order valence-corrected chi connectivity index (χ3v) is 3.21. The van der Waals surface area contributed by atoms with E-state index in [-0.39, 0.29) is 17.9 Å². The molecule has 0 aromatic rings.